The molecule has 0 N–H and O–H groups in total. The Kier molecular flexibility index (Phi) is 9.48. The van der Waals surface area contributed by atoms with Crippen LogP contribution in [0.4, 0.5) is 4.79 Å². The summed E-state index contributed by atoms with van der Waals surface area (Å²) >= 11 is 12.9. The fourth-order valence-electron chi connectivity index (χ4n) is 3.51. The van der Waals surface area contributed by atoms with Crippen LogP contribution in [0.15, 0.2) is 47.9 Å². The first-order chi connectivity index (χ1) is 17.2. The molecule has 2 aromatic carbocycles. The Balaban J connectivity index is 1.90. The lowest BCUT2D eigenvalue weighted by molar-refractivity contribution is -0.150. The van der Waals surface area contributed by atoms with E-state index in [1.807, 2.05) is 12.1 Å². The van der Waals surface area contributed by atoms with Gasteiger partial charge in [0.1, 0.15) is 12.6 Å². The fraction of sp³-hybridized carbons (Fsp3) is 0.269. The molecule has 1 aliphatic heterocycles. The zero-order valence-electron chi connectivity index (χ0n) is 20.0. The number of allylic oxidation sites excluding steroid dienone is 1. The number of hydrogen-bond donors (Lipinski definition) is 0. The van der Waals surface area contributed by atoms with Gasteiger partial charge >= 0.3 is 5.97 Å². The van der Waals surface area contributed by atoms with Crippen molar-refractivity contribution in [1.29, 1.82) is 0 Å². The number of carbonyl (C=O) groups is 3. The van der Waals surface area contributed by atoms with Crippen LogP contribution in [0.25, 0.3) is 6.08 Å². The first kappa shape index (κ1) is 27.6. The molecule has 0 saturated carbocycles. The van der Waals surface area contributed by atoms with Crippen molar-refractivity contribution in [1.82, 2.24) is 4.90 Å². The molecule has 0 radical (unpaired) electrons. The molecule has 10 heteroatoms. The predicted octanol–water partition coefficient (Wildman–Crippen LogP) is 6.30. The largest absolute Gasteiger partial charge is 0.493 e. The smallest absolute Gasteiger partial charge is 0.329 e. The first-order valence-corrected chi connectivity index (χ1v) is 12.6. The minimum atomic E-state index is -1.02. The van der Waals surface area contributed by atoms with Crippen molar-refractivity contribution in [2.45, 2.75) is 32.9 Å². The molecule has 190 valence electrons. The second-order valence-corrected chi connectivity index (χ2v) is 9.53. The highest BCUT2D eigenvalue weighted by Crippen LogP contribution is 2.38. The van der Waals surface area contributed by atoms with E-state index in [2.05, 4.69) is 6.58 Å². The van der Waals surface area contributed by atoms with Crippen LogP contribution in [-0.4, -0.2) is 41.8 Å². The molecule has 0 aromatic heterocycles. The van der Waals surface area contributed by atoms with Crippen LogP contribution in [0.2, 0.25) is 10.0 Å². The van der Waals surface area contributed by atoms with Crippen molar-refractivity contribution in [3.05, 3.63) is 74.6 Å². The normalized spacial score (nSPS) is 15.2. The summed E-state index contributed by atoms with van der Waals surface area (Å²) < 4.78 is 16.6. The summed E-state index contributed by atoms with van der Waals surface area (Å²) in [6.07, 6.45) is 3.77. The van der Waals surface area contributed by atoms with Gasteiger partial charge in [-0.2, -0.15) is 0 Å². The van der Waals surface area contributed by atoms with E-state index in [9.17, 15) is 14.4 Å². The quantitative estimate of drug-likeness (QED) is 0.195. The van der Waals surface area contributed by atoms with Gasteiger partial charge in [0.15, 0.2) is 11.5 Å². The zero-order chi connectivity index (χ0) is 26.4. The fourth-order valence-corrected chi connectivity index (χ4v) is 4.74. The molecule has 0 unspecified atom stereocenters. The van der Waals surface area contributed by atoms with Crippen molar-refractivity contribution in [3.8, 4) is 11.5 Å². The topological polar surface area (TPSA) is 82.1 Å². The van der Waals surface area contributed by atoms with E-state index >= 15 is 0 Å². The van der Waals surface area contributed by atoms with E-state index in [4.69, 9.17) is 37.4 Å². The SMILES string of the molecule is C=CCc1cc(/C=C2/SC(=O)N([C@H](C)C(=O)OCC)C2=O)cc(OC)c1OCc1ccc(Cl)c(Cl)c1. The first-order valence-electron chi connectivity index (χ1n) is 11.0. The van der Waals surface area contributed by atoms with Crippen molar-refractivity contribution in [2.24, 2.45) is 0 Å². The van der Waals surface area contributed by atoms with Gasteiger partial charge in [0.25, 0.3) is 11.1 Å². The lowest BCUT2D eigenvalue weighted by atomic mass is 10.0. The van der Waals surface area contributed by atoms with Gasteiger partial charge in [-0.15, -0.1) is 6.58 Å². The highest BCUT2D eigenvalue weighted by molar-refractivity contribution is 8.18. The van der Waals surface area contributed by atoms with Crippen LogP contribution in [0, 0.1) is 0 Å². The van der Waals surface area contributed by atoms with Crippen LogP contribution in [0.3, 0.4) is 0 Å². The van der Waals surface area contributed by atoms with Gasteiger partial charge in [0.2, 0.25) is 0 Å². The van der Waals surface area contributed by atoms with Crippen LogP contribution in [0.1, 0.15) is 30.5 Å². The lowest BCUT2D eigenvalue weighted by Crippen LogP contribution is -2.42. The highest BCUT2D eigenvalue weighted by atomic mass is 35.5. The van der Waals surface area contributed by atoms with E-state index in [-0.39, 0.29) is 18.1 Å². The van der Waals surface area contributed by atoms with Gasteiger partial charge in [-0.3, -0.25) is 14.5 Å². The molecule has 0 aliphatic carbocycles. The number of benzene rings is 2. The average molecular weight is 550 g/mol. The van der Waals surface area contributed by atoms with Crippen LogP contribution < -0.4 is 9.47 Å². The molecule has 1 atom stereocenters. The number of esters is 1. The molecule has 0 bridgehead atoms. The van der Waals surface area contributed by atoms with E-state index in [1.54, 1.807) is 37.3 Å². The third-order valence-corrected chi connectivity index (χ3v) is 6.86. The molecule has 0 spiro atoms. The summed E-state index contributed by atoms with van der Waals surface area (Å²) in [7, 11) is 1.51. The molecule has 2 amide bonds. The minimum absolute atomic E-state index is 0.153. The molecular weight excluding hydrogens is 525 g/mol. The average Bonchev–Trinajstić information content (AvgIpc) is 3.12. The minimum Gasteiger partial charge on any atom is -0.493 e. The van der Waals surface area contributed by atoms with Crippen molar-refractivity contribution in [3.63, 3.8) is 0 Å². The Morgan fingerprint density at radius 2 is 1.94 bits per heavy atom. The van der Waals surface area contributed by atoms with Crippen molar-refractivity contribution >= 4 is 58.2 Å². The Bertz CT molecular complexity index is 1230. The van der Waals surface area contributed by atoms with Gasteiger partial charge in [-0.25, -0.2) is 4.79 Å². The number of nitrogens with zero attached hydrogens (tertiary/aromatic N) is 1. The predicted molar refractivity (Wildman–Crippen MR) is 142 cm³/mol. The Morgan fingerprint density at radius 3 is 2.58 bits per heavy atom. The van der Waals surface area contributed by atoms with Crippen molar-refractivity contribution in [2.75, 3.05) is 13.7 Å². The number of carbonyl (C=O) groups excluding carboxylic acids is 3. The van der Waals surface area contributed by atoms with Crippen LogP contribution in [0.5, 0.6) is 11.5 Å². The number of methoxy groups -OCH3 is 1. The summed E-state index contributed by atoms with van der Waals surface area (Å²) in [4.78, 5) is 38.6. The second kappa shape index (κ2) is 12.3. The van der Waals surface area contributed by atoms with Gasteiger partial charge in [-0.05, 0) is 73.5 Å². The molecule has 7 nitrogen and oxygen atoms in total. The molecule has 3 rings (SSSR count). The zero-order valence-corrected chi connectivity index (χ0v) is 22.3. The molecular formula is C26H25Cl2NO6S. The summed E-state index contributed by atoms with van der Waals surface area (Å²) in [5.41, 5.74) is 2.22. The Hall–Kier alpha value is -2.94. The summed E-state index contributed by atoms with van der Waals surface area (Å²) in [6.45, 7) is 7.31. The number of rotatable bonds is 10. The van der Waals surface area contributed by atoms with E-state index in [1.165, 1.54) is 14.0 Å². The van der Waals surface area contributed by atoms with Gasteiger partial charge in [0.05, 0.1) is 28.7 Å². The molecule has 1 aliphatic rings. The van der Waals surface area contributed by atoms with Gasteiger partial charge in [0, 0.05) is 5.56 Å². The Morgan fingerprint density at radius 1 is 1.19 bits per heavy atom. The molecule has 36 heavy (non-hydrogen) atoms. The maximum absolute atomic E-state index is 12.9. The number of amides is 2. The number of ether oxygens (including phenoxy) is 3. The number of halogens is 2. The van der Waals surface area contributed by atoms with Gasteiger partial charge < -0.3 is 14.2 Å². The lowest BCUT2D eigenvalue weighted by Gasteiger charge is -2.19. The highest BCUT2D eigenvalue weighted by Gasteiger charge is 2.41. The molecule has 2 aromatic rings. The monoisotopic (exact) mass is 549 g/mol. The van der Waals surface area contributed by atoms with Gasteiger partial charge in [-0.1, -0.05) is 35.3 Å². The van der Waals surface area contributed by atoms with Crippen LogP contribution >= 0.6 is 35.0 Å². The maximum atomic E-state index is 12.9. The molecule has 1 heterocycles. The summed E-state index contributed by atoms with van der Waals surface area (Å²) in [5.74, 6) is -0.237. The number of imide groups is 1. The third kappa shape index (κ3) is 6.24. The number of thioether (sulfide) groups is 1. The van der Waals surface area contributed by atoms with E-state index < -0.39 is 23.2 Å². The standard InChI is InChI=1S/C26H25Cl2NO6S/c1-5-7-18-10-17(13-22-24(30)29(26(32)36-22)15(3)25(31)34-6-2)12-21(33-4)23(18)35-14-16-8-9-19(27)20(28)11-16/h5,8-13,15H,1,6-7,14H2,2-4H3/b22-13+/t15-/m1/s1. The second-order valence-electron chi connectivity index (χ2n) is 7.72. The Labute approximate surface area is 224 Å². The van der Waals surface area contributed by atoms with E-state index in [0.717, 1.165) is 27.8 Å². The molecule has 1 saturated heterocycles. The summed E-state index contributed by atoms with van der Waals surface area (Å²) in [6, 6.07) is 7.76. The van der Waals surface area contributed by atoms with E-state index in [0.29, 0.717) is 33.5 Å². The molecule has 1 fully saturated rings. The van der Waals surface area contributed by atoms with Crippen LogP contribution in [-0.2, 0) is 27.4 Å². The maximum Gasteiger partial charge on any atom is 0.329 e. The van der Waals surface area contributed by atoms with Crippen molar-refractivity contribution < 1.29 is 28.6 Å². The summed E-state index contributed by atoms with van der Waals surface area (Å²) in [5, 5.41) is 0.347. The third-order valence-electron chi connectivity index (χ3n) is 5.24. The number of hydrogen-bond acceptors (Lipinski definition) is 7.